The van der Waals surface area contributed by atoms with E-state index in [9.17, 15) is 0 Å². The Labute approximate surface area is 138 Å². The van der Waals surface area contributed by atoms with E-state index < -0.39 is 0 Å². The third-order valence-electron chi connectivity index (χ3n) is 5.14. The first-order chi connectivity index (χ1) is 11.4. The van der Waals surface area contributed by atoms with Gasteiger partial charge in [0.05, 0.1) is 0 Å². The maximum absolute atomic E-state index is 4.11. The summed E-state index contributed by atoms with van der Waals surface area (Å²) in [5, 5.41) is 0. The third kappa shape index (κ3) is 3.17. The summed E-state index contributed by atoms with van der Waals surface area (Å²) in [4.78, 5) is 11.8. The molecule has 0 amide bonds. The summed E-state index contributed by atoms with van der Waals surface area (Å²) in [5.41, 5.74) is 2.67. The Kier molecular flexibility index (Phi) is 4.16. The van der Waals surface area contributed by atoms with E-state index in [1.54, 1.807) is 0 Å². The van der Waals surface area contributed by atoms with E-state index in [-0.39, 0.29) is 0 Å². The lowest BCUT2D eigenvalue weighted by Gasteiger charge is -2.39. The lowest BCUT2D eigenvalue weighted by molar-refractivity contribution is 0.198. The van der Waals surface area contributed by atoms with Crippen molar-refractivity contribution in [3.05, 3.63) is 54.9 Å². The Morgan fingerprint density at radius 2 is 1.43 bits per heavy atom. The van der Waals surface area contributed by atoms with Crippen LogP contribution in [0.2, 0.25) is 0 Å². The molecule has 2 saturated heterocycles. The van der Waals surface area contributed by atoms with Gasteiger partial charge in [-0.15, -0.1) is 0 Å². The first-order valence-corrected chi connectivity index (χ1v) is 8.59. The Balaban J connectivity index is 1.33. The van der Waals surface area contributed by atoms with Gasteiger partial charge in [0.15, 0.2) is 0 Å². The number of hydrogen-bond acceptors (Lipinski definition) is 4. The maximum atomic E-state index is 4.11. The van der Waals surface area contributed by atoms with Gasteiger partial charge < -0.3 is 9.80 Å². The minimum absolute atomic E-state index is 0.704. The molecule has 4 heteroatoms. The Morgan fingerprint density at radius 3 is 2.17 bits per heavy atom. The van der Waals surface area contributed by atoms with Crippen molar-refractivity contribution in [2.45, 2.75) is 12.5 Å². The molecule has 120 valence electrons. The molecule has 2 aliphatic rings. The second-order valence-electron chi connectivity index (χ2n) is 6.45. The topological polar surface area (TPSA) is 22.6 Å². The Bertz CT molecular complexity index is 608. The van der Waals surface area contributed by atoms with Gasteiger partial charge in [-0.3, -0.25) is 9.88 Å². The van der Waals surface area contributed by atoms with Crippen LogP contribution in [0, 0.1) is 0 Å². The molecule has 3 heterocycles. The summed E-state index contributed by atoms with van der Waals surface area (Å²) in [6, 6.07) is 15.7. The van der Waals surface area contributed by atoms with E-state index in [1.807, 2.05) is 12.4 Å². The van der Waals surface area contributed by atoms with Crippen LogP contribution >= 0.6 is 0 Å². The molecule has 0 bridgehead atoms. The van der Waals surface area contributed by atoms with Crippen molar-refractivity contribution in [3.63, 3.8) is 0 Å². The molecule has 0 unspecified atom stereocenters. The molecule has 2 aromatic rings. The zero-order chi connectivity index (χ0) is 15.5. The van der Waals surface area contributed by atoms with Gasteiger partial charge in [0.1, 0.15) is 0 Å². The number of para-hydroxylation sites is 1. The number of benzene rings is 1. The van der Waals surface area contributed by atoms with E-state index in [2.05, 4.69) is 62.1 Å². The lowest BCUT2D eigenvalue weighted by Crippen LogP contribution is -2.51. The van der Waals surface area contributed by atoms with Crippen LogP contribution in [0.4, 0.5) is 11.4 Å². The fraction of sp³-hybridized carbons (Fsp3) is 0.421. The van der Waals surface area contributed by atoms with Crippen molar-refractivity contribution in [3.8, 4) is 0 Å². The summed E-state index contributed by atoms with van der Waals surface area (Å²) in [5.74, 6) is 0. The molecular formula is C19H24N4. The fourth-order valence-electron chi connectivity index (χ4n) is 3.81. The first kappa shape index (κ1) is 14.5. The minimum Gasteiger partial charge on any atom is -0.370 e. The fourth-order valence-corrected chi connectivity index (χ4v) is 3.81. The molecule has 4 rings (SSSR count). The summed E-state index contributed by atoms with van der Waals surface area (Å²) in [7, 11) is 0. The second-order valence-corrected chi connectivity index (χ2v) is 6.45. The minimum atomic E-state index is 0.704. The Morgan fingerprint density at radius 1 is 0.739 bits per heavy atom. The molecule has 2 aliphatic heterocycles. The van der Waals surface area contributed by atoms with Gasteiger partial charge in [-0.25, -0.2) is 0 Å². The van der Waals surface area contributed by atoms with Crippen LogP contribution in [0.25, 0.3) is 0 Å². The predicted molar refractivity (Wildman–Crippen MR) is 95.1 cm³/mol. The molecule has 23 heavy (non-hydrogen) atoms. The lowest BCUT2D eigenvalue weighted by atomic mass is 10.2. The molecule has 1 atom stereocenters. The quantitative estimate of drug-likeness (QED) is 0.869. The van der Waals surface area contributed by atoms with Gasteiger partial charge in [0, 0.05) is 69.1 Å². The van der Waals surface area contributed by atoms with E-state index in [1.165, 1.54) is 30.9 Å². The van der Waals surface area contributed by atoms with Crippen LogP contribution in [0.3, 0.4) is 0 Å². The van der Waals surface area contributed by atoms with E-state index in [0.29, 0.717) is 6.04 Å². The Hall–Kier alpha value is -2.07. The highest BCUT2D eigenvalue weighted by Crippen LogP contribution is 2.24. The number of hydrogen-bond donors (Lipinski definition) is 0. The third-order valence-corrected chi connectivity index (χ3v) is 5.14. The highest BCUT2D eigenvalue weighted by Gasteiger charge is 2.30. The predicted octanol–water partition coefficient (Wildman–Crippen LogP) is 2.48. The molecule has 4 nitrogen and oxygen atoms in total. The van der Waals surface area contributed by atoms with Gasteiger partial charge in [-0.2, -0.15) is 0 Å². The summed E-state index contributed by atoms with van der Waals surface area (Å²) >= 11 is 0. The van der Waals surface area contributed by atoms with Crippen molar-refractivity contribution in [1.29, 1.82) is 0 Å². The SMILES string of the molecule is c1ccc(N2CC[C@H](N3CCN(c4ccncc4)CC3)C2)cc1. The molecule has 2 fully saturated rings. The van der Waals surface area contributed by atoms with E-state index in [4.69, 9.17) is 0 Å². The van der Waals surface area contributed by atoms with Crippen molar-refractivity contribution < 1.29 is 0 Å². The number of nitrogens with zero attached hydrogens (tertiary/aromatic N) is 4. The highest BCUT2D eigenvalue weighted by atomic mass is 15.3. The zero-order valence-electron chi connectivity index (χ0n) is 13.5. The van der Waals surface area contributed by atoms with Crippen LogP contribution in [0.1, 0.15) is 6.42 Å². The van der Waals surface area contributed by atoms with Gasteiger partial charge >= 0.3 is 0 Å². The van der Waals surface area contributed by atoms with E-state index in [0.717, 1.165) is 26.2 Å². The molecule has 0 N–H and O–H groups in total. The van der Waals surface area contributed by atoms with Gasteiger partial charge in [-0.05, 0) is 30.7 Å². The number of anilines is 2. The average Bonchev–Trinajstić information content (AvgIpc) is 3.14. The molecule has 0 radical (unpaired) electrons. The first-order valence-electron chi connectivity index (χ1n) is 8.59. The largest absolute Gasteiger partial charge is 0.370 e. The standard InChI is InChI=1S/C19H24N4/c1-2-4-17(5-3-1)23-11-8-19(16-23)22-14-12-21(13-15-22)18-6-9-20-10-7-18/h1-7,9-10,19H,8,11-16H2/t19-/m0/s1. The zero-order valence-corrected chi connectivity index (χ0v) is 13.5. The molecule has 1 aromatic heterocycles. The molecule has 0 saturated carbocycles. The molecular weight excluding hydrogens is 284 g/mol. The normalized spacial score (nSPS) is 22.5. The van der Waals surface area contributed by atoms with Gasteiger partial charge in [0.25, 0.3) is 0 Å². The second kappa shape index (κ2) is 6.59. The summed E-state index contributed by atoms with van der Waals surface area (Å²) in [6.07, 6.45) is 5.05. The number of rotatable bonds is 3. The van der Waals surface area contributed by atoms with Crippen LogP contribution in [0.15, 0.2) is 54.9 Å². The molecule has 0 spiro atoms. The van der Waals surface area contributed by atoms with Crippen molar-refractivity contribution >= 4 is 11.4 Å². The number of piperazine rings is 1. The van der Waals surface area contributed by atoms with Gasteiger partial charge in [-0.1, -0.05) is 18.2 Å². The average molecular weight is 308 g/mol. The van der Waals surface area contributed by atoms with Crippen molar-refractivity contribution in [2.24, 2.45) is 0 Å². The highest BCUT2D eigenvalue weighted by molar-refractivity contribution is 5.47. The van der Waals surface area contributed by atoms with Crippen molar-refractivity contribution in [1.82, 2.24) is 9.88 Å². The van der Waals surface area contributed by atoms with Crippen LogP contribution in [-0.2, 0) is 0 Å². The molecule has 1 aromatic carbocycles. The van der Waals surface area contributed by atoms with Crippen LogP contribution in [-0.4, -0.2) is 55.2 Å². The monoisotopic (exact) mass is 308 g/mol. The maximum Gasteiger partial charge on any atom is 0.0397 e. The van der Waals surface area contributed by atoms with E-state index >= 15 is 0 Å². The summed E-state index contributed by atoms with van der Waals surface area (Å²) < 4.78 is 0. The summed E-state index contributed by atoms with van der Waals surface area (Å²) in [6.45, 7) is 6.90. The molecule has 0 aliphatic carbocycles. The van der Waals surface area contributed by atoms with Crippen LogP contribution < -0.4 is 9.80 Å². The van der Waals surface area contributed by atoms with Crippen LogP contribution in [0.5, 0.6) is 0 Å². The van der Waals surface area contributed by atoms with Gasteiger partial charge in [0.2, 0.25) is 0 Å². The van der Waals surface area contributed by atoms with Crippen molar-refractivity contribution in [2.75, 3.05) is 49.1 Å². The number of pyridine rings is 1. The smallest absolute Gasteiger partial charge is 0.0397 e. The number of aromatic nitrogens is 1.